The predicted octanol–water partition coefficient (Wildman–Crippen LogP) is 4.55. The van der Waals surface area contributed by atoms with Crippen LogP contribution in [0.3, 0.4) is 0 Å². The Morgan fingerprint density at radius 3 is 2.57 bits per heavy atom. The molecule has 1 fully saturated rings. The number of carbonyl (C=O) groups is 2. The number of hydrogen-bond donors (Lipinski definition) is 5. The minimum absolute atomic E-state index is 0.0248. The van der Waals surface area contributed by atoms with Crippen molar-refractivity contribution in [3.63, 3.8) is 0 Å². The van der Waals surface area contributed by atoms with Crippen LogP contribution in [0.2, 0.25) is 5.02 Å². The number of aliphatic hydroxyl groups excluding tert-OH is 1. The molecule has 2 aliphatic rings. The molecular weight excluding hydrogens is 676 g/mol. The van der Waals surface area contributed by atoms with Crippen molar-refractivity contribution >= 4 is 40.2 Å². The fourth-order valence-electron chi connectivity index (χ4n) is 5.69. The molecule has 0 spiro atoms. The van der Waals surface area contributed by atoms with Crippen LogP contribution in [0.25, 0.3) is 22.4 Å². The number of rotatable bonds is 8. The van der Waals surface area contributed by atoms with Crippen LogP contribution in [-0.2, 0) is 11.3 Å². The number of carboxylic acid groups (broad SMARTS) is 1. The van der Waals surface area contributed by atoms with E-state index < -0.39 is 24.1 Å². The van der Waals surface area contributed by atoms with Crippen molar-refractivity contribution in [1.29, 1.82) is 0 Å². The highest BCUT2D eigenvalue weighted by molar-refractivity contribution is 6.32. The van der Waals surface area contributed by atoms with E-state index in [4.69, 9.17) is 26.2 Å². The van der Waals surface area contributed by atoms with Gasteiger partial charge in [-0.2, -0.15) is 13.2 Å². The van der Waals surface area contributed by atoms with Gasteiger partial charge in [0.2, 0.25) is 0 Å². The Labute approximate surface area is 281 Å². The number of amides is 1. The third-order valence-electron chi connectivity index (χ3n) is 8.25. The zero-order valence-electron chi connectivity index (χ0n) is 26.3. The van der Waals surface area contributed by atoms with Gasteiger partial charge in [-0.1, -0.05) is 11.6 Å². The van der Waals surface area contributed by atoms with E-state index in [1.54, 1.807) is 19.1 Å². The summed E-state index contributed by atoms with van der Waals surface area (Å²) in [7, 11) is 2.10. The van der Waals surface area contributed by atoms with Crippen LogP contribution in [0.5, 0.6) is 5.75 Å². The zero-order chi connectivity index (χ0) is 35.6. The van der Waals surface area contributed by atoms with E-state index in [1.807, 2.05) is 11.0 Å². The van der Waals surface area contributed by atoms with Crippen LogP contribution in [0.4, 0.5) is 23.2 Å². The number of aromatic nitrogens is 3. The number of fused-ring (bicyclic) bond motifs is 2. The monoisotopic (exact) mass is 708 g/mol. The molecule has 2 aliphatic heterocycles. The summed E-state index contributed by atoms with van der Waals surface area (Å²) in [5, 5.41) is 21.0. The molecule has 17 heteroatoms. The molecule has 262 valence electrons. The number of aryl methyl sites for hydroxylation is 1. The van der Waals surface area contributed by atoms with E-state index in [1.165, 1.54) is 18.3 Å². The number of pyridine rings is 1. The van der Waals surface area contributed by atoms with E-state index in [0.29, 0.717) is 34.7 Å². The van der Waals surface area contributed by atoms with E-state index in [9.17, 15) is 32.3 Å². The summed E-state index contributed by atoms with van der Waals surface area (Å²) >= 11 is 6.19. The van der Waals surface area contributed by atoms with Crippen LogP contribution < -0.4 is 15.6 Å². The number of nitrogens with zero attached hydrogens (tertiary/aromatic N) is 3. The molecule has 1 saturated heterocycles. The van der Waals surface area contributed by atoms with Crippen molar-refractivity contribution in [2.45, 2.75) is 44.6 Å². The molecule has 0 aliphatic carbocycles. The Kier molecular flexibility index (Phi) is 10.5. The maximum atomic E-state index is 13.7. The third kappa shape index (κ3) is 8.14. The topological polar surface area (TPSA) is 164 Å². The second-order valence-electron chi connectivity index (χ2n) is 11.9. The molecule has 5 N–H and O–H groups in total. The predicted molar refractivity (Wildman–Crippen MR) is 172 cm³/mol. The van der Waals surface area contributed by atoms with Gasteiger partial charge < -0.3 is 40.0 Å². The number of likely N-dealkylation sites (tertiary alicyclic amines) is 1. The first-order valence-corrected chi connectivity index (χ1v) is 15.5. The first-order chi connectivity index (χ1) is 23.1. The van der Waals surface area contributed by atoms with Crippen LogP contribution in [0.15, 0.2) is 41.3 Å². The van der Waals surface area contributed by atoms with E-state index in [-0.39, 0.29) is 47.0 Å². The van der Waals surface area contributed by atoms with E-state index >= 15 is 0 Å². The number of carboxylic acids is 1. The number of halogens is 5. The van der Waals surface area contributed by atoms with Gasteiger partial charge in [-0.15, -0.1) is 0 Å². The lowest BCUT2D eigenvalue weighted by atomic mass is 10.0. The van der Waals surface area contributed by atoms with Gasteiger partial charge in [0, 0.05) is 37.0 Å². The van der Waals surface area contributed by atoms with Gasteiger partial charge in [-0.25, -0.2) is 14.2 Å². The lowest BCUT2D eigenvalue weighted by molar-refractivity contribution is -0.192. The minimum Gasteiger partial charge on any atom is -0.489 e. The number of aliphatic carboxylic acids is 1. The number of alkyl halides is 3. The number of piperidine rings is 1. The van der Waals surface area contributed by atoms with Crippen molar-refractivity contribution in [3.8, 4) is 17.1 Å². The van der Waals surface area contributed by atoms with Gasteiger partial charge in [-0.05, 0) is 75.3 Å². The Bertz CT molecular complexity index is 1920. The summed E-state index contributed by atoms with van der Waals surface area (Å²) in [6, 6.07) is 8.12. The zero-order valence-corrected chi connectivity index (χ0v) is 27.1. The van der Waals surface area contributed by atoms with Crippen LogP contribution >= 0.6 is 11.6 Å². The minimum atomic E-state index is -5.08. The van der Waals surface area contributed by atoms with Crippen LogP contribution in [-0.4, -0.2) is 98.5 Å². The van der Waals surface area contributed by atoms with Gasteiger partial charge in [0.1, 0.15) is 35.7 Å². The Balaban J connectivity index is 0.000000606. The van der Waals surface area contributed by atoms with Gasteiger partial charge >= 0.3 is 12.1 Å². The number of imidazole rings is 1. The molecule has 0 bridgehead atoms. The SMILES string of the molecule is Cc1cc(F)cc(OC[C@H](O)CNc2cc[nH]c(=O)c2-c2nc3cc4c(cc3[nH]2)CN(C2CCN(C)CC2)C4=O)c1Cl.O=C(O)C(F)(F)F. The lowest BCUT2D eigenvalue weighted by Gasteiger charge is -2.34. The smallest absolute Gasteiger partial charge is 0.489 e. The number of carbonyl (C=O) groups excluding carboxylic acids is 1. The van der Waals surface area contributed by atoms with Gasteiger partial charge in [0.05, 0.1) is 21.7 Å². The molecule has 0 radical (unpaired) electrons. The van der Waals surface area contributed by atoms with E-state index in [2.05, 4.69) is 32.2 Å². The quantitative estimate of drug-likeness (QED) is 0.165. The Morgan fingerprint density at radius 2 is 1.90 bits per heavy atom. The van der Waals surface area contributed by atoms with Crippen molar-refractivity contribution < 1.29 is 42.1 Å². The van der Waals surface area contributed by atoms with Crippen LogP contribution in [0, 0.1) is 12.7 Å². The van der Waals surface area contributed by atoms with E-state index in [0.717, 1.165) is 37.0 Å². The summed E-state index contributed by atoms with van der Waals surface area (Å²) in [6.45, 7) is 4.07. The summed E-state index contributed by atoms with van der Waals surface area (Å²) in [6.07, 6.45) is -2.65. The average molecular weight is 709 g/mol. The Hall–Kier alpha value is -4.67. The van der Waals surface area contributed by atoms with Crippen LogP contribution in [0.1, 0.15) is 34.3 Å². The molecule has 0 saturated carbocycles. The highest BCUT2D eigenvalue weighted by Crippen LogP contribution is 2.33. The number of H-pyrrole nitrogens is 2. The molecule has 1 amide bonds. The van der Waals surface area contributed by atoms with Crippen molar-refractivity contribution in [2.24, 2.45) is 0 Å². The molecule has 2 aromatic heterocycles. The molecule has 0 unspecified atom stereocenters. The summed E-state index contributed by atoms with van der Waals surface area (Å²) in [5.41, 5.74) is 3.79. The Morgan fingerprint density at radius 1 is 1.20 bits per heavy atom. The van der Waals surface area contributed by atoms with Gasteiger partial charge in [0.25, 0.3) is 11.5 Å². The number of aromatic amines is 2. The largest absolute Gasteiger partial charge is 0.490 e. The number of aliphatic hydroxyl groups is 1. The number of nitrogens with one attached hydrogen (secondary N) is 3. The molecular formula is C32H33ClF4N6O6. The number of benzene rings is 2. The first kappa shape index (κ1) is 35.6. The molecule has 12 nitrogen and oxygen atoms in total. The van der Waals surface area contributed by atoms with Crippen molar-refractivity contribution in [3.05, 3.63) is 74.4 Å². The normalized spacial score (nSPS) is 15.9. The highest BCUT2D eigenvalue weighted by atomic mass is 35.5. The highest BCUT2D eigenvalue weighted by Gasteiger charge is 2.38. The van der Waals surface area contributed by atoms with Crippen molar-refractivity contribution in [2.75, 3.05) is 38.6 Å². The maximum absolute atomic E-state index is 13.7. The van der Waals surface area contributed by atoms with Crippen molar-refractivity contribution in [1.82, 2.24) is 24.8 Å². The summed E-state index contributed by atoms with van der Waals surface area (Å²) < 4.78 is 51.0. The standard InChI is InChI=1S/C30H32ClFN6O4.C2HF3O2/c1-16-9-18(32)11-25(27(16)31)42-15-20(39)13-34-22-3-6-33-29(40)26(22)28-35-23-10-17-14-38(19-4-7-37(2)8-5-19)30(41)21(17)12-24(23)36-28;3-2(4,5)1(6)7/h3,6,9-12,19-20,39H,4-5,7-8,13-15H2,1-2H3,(H,35,36)(H2,33,34,40);(H,6,7)/t20-;/m1./s1. The second-order valence-corrected chi connectivity index (χ2v) is 12.2. The lowest BCUT2D eigenvalue weighted by Crippen LogP contribution is -2.43. The molecule has 1 atom stereocenters. The maximum Gasteiger partial charge on any atom is 0.490 e. The number of ether oxygens (including phenoxy) is 1. The molecule has 2 aromatic carbocycles. The third-order valence-corrected chi connectivity index (χ3v) is 8.74. The molecule has 4 heterocycles. The summed E-state index contributed by atoms with van der Waals surface area (Å²) in [4.78, 5) is 49.9. The first-order valence-electron chi connectivity index (χ1n) is 15.2. The number of hydrogen-bond acceptors (Lipinski definition) is 8. The fraction of sp³-hybridized carbons (Fsp3) is 0.375. The average Bonchev–Trinajstić information content (AvgIpc) is 3.59. The van der Waals surface area contributed by atoms with Gasteiger partial charge in [-0.3, -0.25) is 9.59 Å². The molecule has 6 rings (SSSR count). The molecule has 4 aromatic rings. The number of anilines is 1. The second kappa shape index (κ2) is 14.4. The molecule has 49 heavy (non-hydrogen) atoms. The fourth-order valence-corrected chi connectivity index (χ4v) is 5.86. The summed E-state index contributed by atoms with van der Waals surface area (Å²) in [5.74, 6) is -2.73. The van der Waals surface area contributed by atoms with Gasteiger partial charge in [0.15, 0.2) is 0 Å².